The van der Waals surface area contributed by atoms with E-state index in [2.05, 4.69) is 5.32 Å². The van der Waals surface area contributed by atoms with Crippen molar-refractivity contribution in [3.8, 4) is 5.75 Å². The number of nitrogens with one attached hydrogen (secondary N) is 1. The van der Waals surface area contributed by atoms with Crippen molar-refractivity contribution < 1.29 is 27.8 Å². The van der Waals surface area contributed by atoms with E-state index < -0.39 is 41.2 Å². The number of benzene rings is 1. The molecule has 2 saturated carbocycles. The second kappa shape index (κ2) is 7.68. The van der Waals surface area contributed by atoms with Crippen molar-refractivity contribution in [3.63, 3.8) is 0 Å². The van der Waals surface area contributed by atoms with Gasteiger partial charge in [-0.05, 0) is 18.9 Å². The summed E-state index contributed by atoms with van der Waals surface area (Å²) in [6.45, 7) is 0.701. The van der Waals surface area contributed by atoms with Crippen molar-refractivity contribution in [1.29, 1.82) is 0 Å². The Balaban J connectivity index is 1.62. The highest BCUT2D eigenvalue weighted by Gasteiger charge is 2.42. The number of hydrogen-bond donors (Lipinski definition) is 2. The number of carboxylic acids is 1. The van der Waals surface area contributed by atoms with Gasteiger partial charge in [0.15, 0.2) is 11.6 Å². The lowest BCUT2D eigenvalue weighted by Crippen LogP contribution is -2.30. The number of nitrogens with zero attached hydrogens (tertiary/aromatic N) is 2. The molecule has 4 atom stereocenters. The number of methoxy groups -OCH3 is 1. The Hall–Kier alpha value is -2.75. The maximum atomic E-state index is 15.3. The first-order chi connectivity index (χ1) is 15.3. The van der Waals surface area contributed by atoms with Crippen LogP contribution in [0.4, 0.5) is 18.9 Å². The molecule has 2 N–H and O–H groups in total. The zero-order valence-corrected chi connectivity index (χ0v) is 17.5. The van der Waals surface area contributed by atoms with Crippen molar-refractivity contribution in [2.45, 2.75) is 43.7 Å². The first kappa shape index (κ1) is 21.1. The molecule has 10 heteroatoms. The van der Waals surface area contributed by atoms with Gasteiger partial charge in [0.2, 0.25) is 5.43 Å². The van der Waals surface area contributed by atoms with Gasteiger partial charge in [0.1, 0.15) is 23.6 Å². The Kier molecular flexibility index (Phi) is 5.07. The first-order valence-corrected chi connectivity index (χ1v) is 10.7. The van der Waals surface area contributed by atoms with Gasteiger partial charge in [-0.25, -0.2) is 18.0 Å². The quantitative estimate of drug-likeness (QED) is 0.674. The minimum Gasteiger partial charge on any atom is -0.492 e. The fourth-order valence-electron chi connectivity index (χ4n) is 4.60. The third-order valence-corrected chi connectivity index (χ3v) is 6.59. The normalized spacial score (nSPS) is 27.2. The third-order valence-electron chi connectivity index (χ3n) is 6.59. The molecule has 3 fully saturated rings. The van der Waals surface area contributed by atoms with E-state index in [1.165, 1.54) is 11.7 Å². The van der Waals surface area contributed by atoms with Gasteiger partial charge in [-0.15, -0.1) is 0 Å². The van der Waals surface area contributed by atoms with E-state index >= 15 is 4.39 Å². The summed E-state index contributed by atoms with van der Waals surface area (Å²) in [6, 6.07) is 0.705. The fourth-order valence-corrected chi connectivity index (χ4v) is 4.60. The van der Waals surface area contributed by atoms with Gasteiger partial charge in [0.05, 0.1) is 24.1 Å². The van der Waals surface area contributed by atoms with Gasteiger partial charge < -0.3 is 24.6 Å². The number of rotatable bonds is 7. The molecule has 3 aliphatic rings. The topological polar surface area (TPSA) is 83.8 Å². The molecule has 2 aromatic rings. The molecular weight excluding hydrogens is 427 g/mol. The number of carbonyl (C=O) groups is 1. The molecular formula is C22H24F3N3O4. The standard InChI is InChI=1S/C22H24F3N3O4/c1-32-21-18-12(20(29)13(22(30)31)8-28(18)17-5-14(17)23)4-15(24)19(21)27-7-10(16(25)9-27)6-26-11-2-3-11/h4,8,10-11,14,16-17,26H,2-3,5-7,9H2,1H3,(H,30,31)/t10-,14+,16-,17-/m1/s1. The molecule has 0 amide bonds. The van der Waals surface area contributed by atoms with Crippen LogP contribution in [0.1, 0.15) is 35.7 Å². The summed E-state index contributed by atoms with van der Waals surface area (Å²) in [4.78, 5) is 25.9. The smallest absolute Gasteiger partial charge is 0.341 e. The maximum Gasteiger partial charge on any atom is 0.341 e. The van der Waals surface area contributed by atoms with Crippen LogP contribution in [0.2, 0.25) is 0 Å². The number of aromatic nitrogens is 1. The molecule has 2 heterocycles. The maximum absolute atomic E-state index is 15.3. The first-order valence-electron chi connectivity index (χ1n) is 10.7. The molecule has 172 valence electrons. The SMILES string of the molecule is COc1c(N2C[C@@H](CNC3CC3)[C@H](F)C2)c(F)cc2c(=O)c(C(=O)O)cn([C@@H]3C[C@@H]3F)c12. The van der Waals surface area contributed by atoms with Gasteiger partial charge >= 0.3 is 5.97 Å². The number of ether oxygens (including phenoxy) is 1. The van der Waals surface area contributed by atoms with E-state index in [-0.39, 0.29) is 47.8 Å². The third kappa shape index (κ3) is 3.50. The molecule has 0 unspecified atom stereocenters. The zero-order chi connectivity index (χ0) is 22.7. The van der Waals surface area contributed by atoms with Gasteiger partial charge in [0.25, 0.3) is 0 Å². The predicted octanol–water partition coefficient (Wildman–Crippen LogP) is 2.66. The van der Waals surface area contributed by atoms with E-state index in [0.29, 0.717) is 12.6 Å². The second-order valence-electron chi connectivity index (χ2n) is 8.90. The van der Waals surface area contributed by atoms with Crippen LogP contribution in [0.15, 0.2) is 17.1 Å². The van der Waals surface area contributed by atoms with Crippen molar-refractivity contribution in [2.24, 2.45) is 5.92 Å². The van der Waals surface area contributed by atoms with E-state index in [0.717, 1.165) is 25.1 Å². The van der Waals surface area contributed by atoms with E-state index in [4.69, 9.17) is 4.74 Å². The highest BCUT2D eigenvalue weighted by atomic mass is 19.1. The number of hydrogen-bond acceptors (Lipinski definition) is 5. The summed E-state index contributed by atoms with van der Waals surface area (Å²) in [5.41, 5.74) is -1.32. The van der Waals surface area contributed by atoms with E-state index in [1.807, 2.05) is 0 Å². The van der Waals surface area contributed by atoms with Gasteiger partial charge in [-0.3, -0.25) is 4.79 Å². The van der Waals surface area contributed by atoms with Crippen LogP contribution >= 0.6 is 0 Å². The number of fused-ring (bicyclic) bond motifs is 1. The predicted molar refractivity (Wildman–Crippen MR) is 112 cm³/mol. The Labute approximate surface area is 181 Å². The molecule has 1 aliphatic heterocycles. The Morgan fingerprint density at radius 3 is 2.59 bits per heavy atom. The number of alkyl halides is 2. The lowest BCUT2D eigenvalue weighted by atomic mass is 10.1. The molecule has 1 aromatic heterocycles. The van der Waals surface area contributed by atoms with Crippen molar-refractivity contribution in [3.05, 3.63) is 33.9 Å². The van der Waals surface area contributed by atoms with Crippen molar-refractivity contribution in [2.75, 3.05) is 31.6 Å². The number of pyridine rings is 1. The van der Waals surface area contributed by atoms with Crippen LogP contribution in [0.5, 0.6) is 5.75 Å². The molecule has 0 spiro atoms. The van der Waals surface area contributed by atoms with Crippen molar-refractivity contribution in [1.82, 2.24) is 9.88 Å². The van der Waals surface area contributed by atoms with Gasteiger partial charge in [-0.2, -0.15) is 0 Å². The summed E-state index contributed by atoms with van der Waals surface area (Å²) < 4.78 is 50.8. The average molecular weight is 451 g/mol. The Morgan fingerprint density at radius 1 is 1.28 bits per heavy atom. The molecule has 1 aromatic carbocycles. The molecule has 1 saturated heterocycles. The second-order valence-corrected chi connectivity index (χ2v) is 8.90. The van der Waals surface area contributed by atoms with Gasteiger partial charge in [-0.1, -0.05) is 0 Å². The highest BCUT2D eigenvalue weighted by molar-refractivity contribution is 5.97. The molecule has 7 nitrogen and oxygen atoms in total. The fraction of sp³-hybridized carbons (Fsp3) is 0.545. The molecule has 0 radical (unpaired) electrons. The Morgan fingerprint density at radius 2 is 2.00 bits per heavy atom. The lowest BCUT2D eigenvalue weighted by molar-refractivity contribution is 0.0694. The van der Waals surface area contributed by atoms with E-state index in [9.17, 15) is 23.5 Å². The summed E-state index contributed by atoms with van der Waals surface area (Å²) >= 11 is 0. The average Bonchev–Trinajstić information content (AvgIpc) is 3.67. The number of carboxylic acid groups (broad SMARTS) is 1. The molecule has 2 aliphatic carbocycles. The largest absolute Gasteiger partial charge is 0.492 e. The molecule has 5 rings (SSSR count). The van der Waals surface area contributed by atoms with Crippen LogP contribution < -0.4 is 20.4 Å². The minimum atomic E-state index is -1.48. The summed E-state index contributed by atoms with van der Waals surface area (Å²) in [7, 11) is 1.30. The van der Waals surface area contributed by atoms with Crippen LogP contribution in [-0.2, 0) is 0 Å². The summed E-state index contributed by atoms with van der Waals surface area (Å²) in [5.74, 6) is -2.63. The van der Waals surface area contributed by atoms with Crippen LogP contribution in [0, 0.1) is 11.7 Å². The Bertz CT molecular complexity index is 1150. The highest BCUT2D eigenvalue weighted by Crippen LogP contribution is 2.46. The van der Waals surface area contributed by atoms with Crippen LogP contribution in [0.3, 0.4) is 0 Å². The summed E-state index contributed by atoms with van der Waals surface area (Å²) in [6.07, 6.45) is 1.01. The van der Waals surface area contributed by atoms with Crippen LogP contribution in [-0.4, -0.2) is 60.8 Å². The molecule has 0 bridgehead atoms. The minimum absolute atomic E-state index is 0.00357. The number of anilines is 1. The molecule has 32 heavy (non-hydrogen) atoms. The van der Waals surface area contributed by atoms with Gasteiger partial charge in [0, 0.05) is 44.2 Å². The number of aromatic carboxylic acids is 1. The van der Waals surface area contributed by atoms with E-state index in [1.54, 1.807) is 4.90 Å². The van der Waals surface area contributed by atoms with Crippen LogP contribution in [0.25, 0.3) is 10.9 Å². The number of halogens is 3. The lowest BCUT2D eigenvalue weighted by Gasteiger charge is -2.24. The zero-order valence-electron chi connectivity index (χ0n) is 17.5. The summed E-state index contributed by atoms with van der Waals surface area (Å²) in [5, 5.41) is 12.5. The monoisotopic (exact) mass is 451 g/mol. The van der Waals surface area contributed by atoms with Crippen molar-refractivity contribution >= 4 is 22.6 Å².